The number of carbonyl (C=O) groups is 1. The number of aryl methyl sites for hydroxylation is 1. The van der Waals surface area contributed by atoms with Gasteiger partial charge in [-0.3, -0.25) is 0 Å². The van der Waals surface area contributed by atoms with Gasteiger partial charge in [0.25, 0.3) is 0 Å². The average molecular weight is 241 g/mol. The number of hydrogen-bond acceptors (Lipinski definition) is 4. The monoisotopic (exact) mass is 241 g/mol. The highest BCUT2D eigenvalue weighted by Gasteiger charge is 2.16. The average Bonchev–Trinajstić information content (AvgIpc) is 2.32. The fraction of sp³-hybridized carbons (Fsp3) is 0.417. The zero-order chi connectivity index (χ0) is 12.8. The van der Waals surface area contributed by atoms with Crippen molar-refractivity contribution in [2.24, 2.45) is 5.73 Å². The van der Waals surface area contributed by atoms with E-state index in [9.17, 15) is 14.3 Å². The number of unbranched alkanes of at least 4 members (excludes halogenated alkanes) is 1. The molecule has 5 heteroatoms. The predicted molar refractivity (Wildman–Crippen MR) is 61.4 cm³/mol. The van der Waals surface area contributed by atoms with Crippen LogP contribution in [0.25, 0.3) is 0 Å². The van der Waals surface area contributed by atoms with Crippen molar-refractivity contribution >= 4 is 5.97 Å². The lowest BCUT2D eigenvalue weighted by molar-refractivity contribution is 0.0596. The van der Waals surface area contributed by atoms with Gasteiger partial charge in [0.1, 0.15) is 5.56 Å². The molecule has 0 atom stereocenters. The predicted octanol–water partition coefficient (Wildman–Crippen LogP) is 1.60. The lowest BCUT2D eigenvalue weighted by atomic mass is 10.0. The Bertz CT molecular complexity index is 407. The van der Waals surface area contributed by atoms with Gasteiger partial charge in [-0.15, -0.1) is 0 Å². The molecule has 4 nitrogen and oxygen atoms in total. The van der Waals surface area contributed by atoms with E-state index in [1.54, 1.807) is 0 Å². The highest BCUT2D eigenvalue weighted by Crippen LogP contribution is 2.24. The van der Waals surface area contributed by atoms with E-state index in [0.29, 0.717) is 18.5 Å². The van der Waals surface area contributed by atoms with Crippen molar-refractivity contribution in [3.63, 3.8) is 0 Å². The quantitative estimate of drug-likeness (QED) is 0.606. The first-order valence-electron chi connectivity index (χ1n) is 5.40. The van der Waals surface area contributed by atoms with Gasteiger partial charge in [-0.2, -0.15) is 0 Å². The van der Waals surface area contributed by atoms with Crippen LogP contribution in [0.1, 0.15) is 28.8 Å². The van der Waals surface area contributed by atoms with E-state index in [1.807, 2.05) is 0 Å². The topological polar surface area (TPSA) is 72.5 Å². The van der Waals surface area contributed by atoms with Crippen LogP contribution in [0.15, 0.2) is 12.1 Å². The lowest BCUT2D eigenvalue weighted by Gasteiger charge is -2.07. The van der Waals surface area contributed by atoms with Crippen molar-refractivity contribution in [3.8, 4) is 5.75 Å². The molecule has 0 aliphatic heterocycles. The number of halogens is 1. The molecule has 0 spiro atoms. The van der Waals surface area contributed by atoms with Gasteiger partial charge in [0.15, 0.2) is 11.6 Å². The number of esters is 1. The smallest absolute Gasteiger partial charge is 0.341 e. The molecule has 94 valence electrons. The lowest BCUT2D eigenvalue weighted by Crippen LogP contribution is -2.05. The number of phenols is 1. The SMILES string of the molecule is COC(=O)c1cc(CCCCN)cc(F)c1O. The molecule has 0 aliphatic carbocycles. The summed E-state index contributed by atoms with van der Waals surface area (Å²) in [6, 6.07) is 2.67. The molecular weight excluding hydrogens is 225 g/mol. The maximum absolute atomic E-state index is 13.4. The molecule has 0 aliphatic rings. The molecule has 1 aromatic carbocycles. The van der Waals surface area contributed by atoms with Crippen LogP contribution in [-0.2, 0) is 11.2 Å². The number of nitrogens with two attached hydrogens (primary N) is 1. The fourth-order valence-corrected chi connectivity index (χ4v) is 1.54. The fourth-order valence-electron chi connectivity index (χ4n) is 1.54. The van der Waals surface area contributed by atoms with Crippen LogP contribution in [-0.4, -0.2) is 24.7 Å². The molecule has 17 heavy (non-hydrogen) atoms. The van der Waals surface area contributed by atoms with Crippen LogP contribution in [0, 0.1) is 5.82 Å². The summed E-state index contributed by atoms with van der Waals surface area (Å²) in [7, 11) is 1.18. The molecule has 3 N–H and O–H groups in total. The minimum atomic E-state index is -0.810. The first-order chi connectivity index (χ1) is 8.10. The molecule has 0 unspecified atom stereocenters. The van der Waals surface area contributed by atoms with E-state index in [4.69, 9.17) is 5.73 Å². The van der Waals surface area contributed by atoms with Crippen LogP contribution < -0.4 is 5.73 Å². The molecule has 0 amide bonds. The van der Waals surface area contributed by atoms with Crippen LogP contribution in [0.2, 0.25) is 0 Å². The van der Waals surface area contributed by atoms with Crippen molar-refractivity contribution in [1.82, 2.24) is 0 Å². The zero-order valence-corrected chi connectivity index (χ0v) is 9.70. The number of methoxy groups -OCH3 is 1. The highest BCUT2D eigenvalue weighted by atomic mass is 19.1. The second kappa shape index (κ2) is 6.20. The highest BCUT2D eigenvalue weighted by molar-refractivity contribution is 5.92. The zero-order valence-electron chi connectivity index (χ0n) is 9.70. The summed E-state index contributed by atoms with van der Waals surface area (Å²) in [4.78, 5) is 11.3. The Morgan fingerprint density at radius 2 is 2.18 bits per heavy atom. The van der Waals surface area contributed by atoms with Crippen LogP contribution in [0.4, 0.5) is 4.39 Å². The second-order valence-corrected chi connectivity index (χ2v) is 3.71. The van der Waals surface area contributed by atoms with Gasteiger partial charge in [0, 0.05) is 0 Å². The van der Waals surface area contributed by atoms with Crippen LogP contribution in [0.3, 0.4) is 0 Å². The molecule has 0 saturated carbocycles. The third-order valence-electron chi connectivity index (χ3n) is 2.45. The van der Waals surface area contributed by atoms with Gasteiger partial charge in [0.2, 0.25) is 0 Å². The first kappa shape index (κ1) is 13.4. The van der Waals surface area contributed by atoms with Gasteiger partial charge in [-0.05, 0) is 43.5 Å². The maximum Gasteiger partial charge on any atom is 0.341 e. The summed E-state index contributed by atoms with van der Waals surface area (Å²) in [5.41, 5.74) is 5.86. The maximum atomic E-state index is 13.4. The van der Waals surface area contributed by atoms with Crippen molar-refractivity contribution in [3.05, 3.63) is 29.1 Å². The normalized spacial score (nSPS) is 10.3. The summed E-state index contributed by atoms with van der Waals surface area (Å²) in [6.45, 7) is 0.574. The van der Waals surface area contributed by atoms with E-state index < -0.39 is 17.5 Å². The molecular formula is C12H16FNO3. The minimum Gasteiger partial charge on any atom is -0.504 e. The summed E-state index contributed by atoms with van der Waals surface area (Å²) in [5, 5.41) is 9.40. The second-order valence-electron chi connectivity index (χ2n) is 3.71. The Labute approximate surface area is 99.2 Å². The van der Waals surface area contributed by atoms with Crippen molar-refractivity contribution in [2.45, 2.75) is 19.3 Å². The number of ether oxygens (including phenoxy) is 1. The molecule has 1 rings (SSSR count). The van der Waals surface area contributed by atoms with E-state index in [1.165, 1.54) is 19.2 Å². The van der Waals surface area contributed by atoms with Gasteiger partial charge in [0.05, 0.1) is 7.11 Å². The Kier molecular flexibility index (Phi) is 4.90. The third-order valence-corrected chi connectivity index (χ3v) is 2.45. The van der Waals surface area contributed by atoms with Crippen molar-refractivity contribution in [1.29, 1.82) is 0 Å². The Morgan fingerprint density at radius 3 is 2.76 bits per heavy atom. The Balaban J connectivity index is 2.93. The Morgan fingerprint density at radius 1 is 1.47 bits per heavy atom. The Hall–Kier alpha value is -1.62. The van der Waals surface area contributed by atoms with Gasteiger partial charge >= 0.3 is 5.97 Å². The first-order valence-corrected chi connectivity index (χ1v) is 5.40. The van der Waals surface area contributed by atoms with E-state index in [-0.39, 0.29) is 5.56 Å². The molecule has 0 saturated heterocycles. The van der Waals surface area contributed by atoms with Crippen molar-refractivity contribution < 1.29 is 19.0 Å². The number of aromatic hydroxyl groups is 1. The minimum absolute atomic E-state index is 0.143. The standard InChI is InChI=1S/C12H16FNO3/c1-17-12(16)9-6-8(4-2-3-5-14)7-10(13)11(9)15/h6-7,15H,2-5,14H2,1H3. The summed E-state index contributed by atoms with van der Waals surface area (Å²) in [6.07, 6.45) is 2.25. The summed E-state index contributed by atoms with van der Waals surface area (Å²) >= 11 is 0. The third kappa shape index (κ3) is 3.42. The van der Waals surface area contributed by atoms with E-state index in [2.05, 4.69) is 4.74 Å². The number of phenolic OH excluding ortho intramolecular Hbond substituents is 1. The molecule has 0 bridgehead atoms. The number of carbonyl (C=O) groups excluding carboxylic acids is 1. The number of rotatable bonds is 5. The number of benzene rings is 1. The van der Waals surface area contributed by atoms with Gasteiger partial charge in [-0.25, -0.2) is 9.18 Å². The van der Waals surface area contributed by atoms with E-state index in [0.717, 1.165) is 12.8 Å². The molecule has 1 aromatic rings. The van der Waals surface area contributed by atoms with Crippen LogP contribution in [0.5, 0.6) is 5.75 Å². The van der Waals surface area contributed by atoms with Crippen LogP contribution >= 0.6 is 0 Å². The molecule has 0 heterocycles. The number of hydrogen-bond donors (Lipinski definition) is 2. The largest absolute Gasteiger partial charge is 0.504 e. The summed E-state index contributed by atoms with van der Waals surface area (Å²) < 4.78 is 17.8. The van der Waals surface area contributed by atoms with Crippen molar-refractivity contribution in [2.75, 3.05) is 13.7 Å². The van der Waals surface area contributed by atoms with Gasteiger partial charge < -0.3 is 15.6 Å². The molecule has 0 radical (unpaired) electrons. The van der Waals surface area contributed by atoms with E-state index >= 15 is 0 Å². The van der Waals surface area contributed by atoms with Gasteiger partial charge in [-0.1, -0.05) is 0 Å². The summed E-state index contributed by atoms with van der Waals surface area (Å²) in [5.74, 6) is -2.22. The molecule has 0 aromatic heterocycles. The molecule has 0 fully saturated rings.